The maximum atomic E-state index is 8.58. The molecule has 0 fully saturated rings. The second-order valence-electron chi connectivity index (χ2n) is 3.34. The monoisotopic (exact) mass is 213 g/mol. The molecule has 0 unspecified atom stereocenters. The molecule has 0 saturated heterocycles. The van der Waals surface area contributed by atoms with Crippen molar-refractivity contribution in [2.24, 2.45) is 0 Å². The van der Waals surface area contributed by atoms with Gasteiger partial charge in [0, 0.05) is 18.9 Å². The van der Waals surface area contributed by atoms with Gasteiger partial charge in [-0.3, -0.25) is 4.98 Å². The summed E-state index contributed by atoms with van der Waals surface area (Å²) in [7, 11) is 0. The van der Waals surface area contributed by atoms with Gasteiger partial charge >= 0.3 is 0 Å². The van der Waals surface area contributed by atoms with Crippen molar-refractivity contribution >= 4 is 0 Å². The Morgan fingerprint density at radius 1 is 1.31 bits per heavy atom. The van der Waals surface area contributed by atoms with Crippen LogP contribution in [0, 0.1) is 11.3 Å². The molecule has 2 heterocycles. The fourth-order valence-electron chi connectivity index (χ4n) is 1.37. The first kappa shape index (κ1) is 10.4. The van der Waals surface area contributed by atoms with Crippen LogP contribution < -0.4 is 5.32 Å². The molecule has 0 aliphatic heterocycles. The molecule has 80 valence electrons. The van der Waals surface area contributed by atoms with E-state index in [2.05, 4.69) is 10.3 Å². The van der Waals surface area contributed by atoms with Gasteiger partial charge < -0.3 is 9.73 Å². The molecule has 0 radical (unpaired) electrons. The highest BCUT2D eigenvalue weighted by molar-refractivity contribution is 5.19. The summed E-state index contributed by atoms with van der Waals surface area (Å²) in [5.74, 6) is 1.11. The molecule has 0 aliphatic rings. The zero-order valence-electron chi connectivity index (χ0n) is 8.68. The van der Waals surface area contributed by atoms with Crippen LogP contribution in [0.4, 0.5) is 0 Å². The minimum atomic E-state index is 0.346. The average Bonchev–Trinajstić information content (AvgIpc) is 2.78. The van der Waals surface area contributed by atoms with Crippen LogP contribution in [0.2, 0.25) is 0 Å². The molecule has 1 N–H and O–H groups in total. The van der Waals surface area contributed by atoms with Crippen molar-refractivity contribution in [3.63, 3.8) is 0 Å². The summed E-state index contributed by atoms with van der Waals surface area (Å²) in [6.45, 7) is 1.34. The van der Waals surface area contributed by atoms with Crippen molar-refractivity contribution in [3.05, 3.63) is 53.7 Å². The lowest BCUT2D eigenvalue weighted by Gasteiger charge is -2.01. The van der Waals surface area contributed by atoms with Gasteiger partial charge in [0.15, 0.2) is 0 Å². The minimum Gasteiger partial charge on any atom is -0.449 e. The van der Waals surface area contributed by atoms with Gasteiger partial charge in [0.05, 0.1) is 6.54 Å². The molecule has 2 aromatic rings. The number of furan rings is 1. The predicted octanol–water partition coefficient (Wildman–Crippen LogP) is 1.84. The molecule has 0 amide bonds. The highest BCUT2D eigenvalue weighted by atomic mass is 16.3. The molecule has 0 atom stereocenters. The molecule has 2 rings (SSSR count). The van der Waals surface area contributed by atoms with Gasteiger partial charge in [-0.25, -0.2) is 0 Å². The van der Waals surface area contributed by atoms with Gasteiger partial charge in [0.1, 0.15) is 11.8 Å². The van der Waals surface area contributed by atoms with Gasteiger partial charge in [-0.05, 0) is 23.8 Å². The summed E-state index contributed by atoms with van der Waals surface area (Å²) < 4.78 is 5.23. The van der Waals surface area contributed by atoms with E-state index >= 15 is 0 Å². The van der Waals surface area contributed by atoms with Crippen molar-refractivity contribution in [2.45, 2.75) is 13.1 Å². The molecule has 0 aromatic carbocycles. The maximum Gasteiger partial charge on any atom is 0.203 e. The Morgan fingerprint density at radius 2 is 2.25 bits per heavy atom. The van der Waals surface area contributed by atoms with E-state index in [1.165, 1.54) is 0 Å². The van der Waals surface area contributed by atoms with Crippen molar-refractivity contribution in [3.8, 4) is 6.07 Å². The summed E-state index contributed by atoms with van der Waals surface area (Å²) in [5, 5.41) is 11.8. The minimum absolute atomic E-state index is 0.346. The smallest absolute Gasteiger partial charge is 0.203 e. The van der Waals surface area contributed by atoms with Crippen molar-refractivity contribution in [1.29, 1.82) is 5.26 Å². The first-order valence-electron chi connectivity index (χ1n) is 4.97. The van der Waals surface area contributed by atoms with Crippen LogP contribution in [0.1, 0.15) is 17.1 Å². The number of nitrogens with zero attached hydrogens (tertiary/aromatic N) is 2. The zero-order valence-corrected chi connectivity index (χ0v) is 8.68. The standard InChI is InChI=1S/C12H11N3O/c13-6-11-3-4-12(16-11)9-15-8-10-2-1-5-14-7-10/h1-5,7,15H,8-9H2. The molecule has 0 saturated carbocycles. The largest absolute Gasteiger partial charge is 0.449 e. The summed E-state index contributed by atoms with van der Waals surface area (Å²) in [5.41, 5.74) is 1.12. The number of pyridine rings is 1. The third-order valence-corrected chi connectivity index (χ3v) is 2.12. The SMILES string of the molecule is N#Cc1ccc(CNCc2cccnc2)o1. The second kappa shape index (κ2) is 5.10. The van der Waals surface area contributed by atoms with Crippen LogP contribution in [-0.2, 0) is 13.1 Å². The third-order valence-electron chi connectivity index (χ3n) is 2.12. The van der Waals surface area contributed by atoms with Gasteiger partial charge in [0.2, 0.25) is 5.76 Å². The number of hydrogen-bond acceptors (Lipinski definition) is 4. The molecule has 2 aromatic heterocycles. The quantitative estimate of drug-likeness (QED) is 0.841. The first-order chi connectivity index (χ1) is 7.88. The fourth-order valence-corrected chi connectivity index (χ4v) is 1.37. The normalized spacial score (nSPS) is 9.94. The van der Waals surface area contributed by atoms with Crippen molar-refractivity contribution in [1.82, 2.24) is 10.3 Å². The highest BCUT2D eigenvalue weighted by Crippen LogP contribution is 2.06. The van der Waals surface area contributed by atoms with Crippen molar-refractivity contribution in [2.75, 3.05) is 0 Å². The van der Waals surface area contributed by atoms with Gasteiger partial charge in [-0.1, -0.05) is 6.07 Å². The lowest BCUT2D eigenvalue weighted by atomic mass is 10.3. The summed E-state index contributed by atoms with van der Waals surface area (Å²) in [6.07, 6.45) is 3.56. The Balaban J connectivity index is 1.83. The molecule has 0 spiro atoms. The predicted molar refractivity (Wildman–Crippen MR) is 58.2 cm³/mol. The Labute approximate surface area is 93.5 Å². The molecular formula is C12H11N3O. The van der Waals surface area contributed by atoms with E-state index in [9.17, 15) is 0 Å². The Hall–Kier alpha value is -2.12. The van der Waals surface area contributed by atoms with E-state index in [-0.39, 0.29) is 0 Å². The maximum absolute atomic E-state index is 8.58. The van der Waals surface area contributed by atoms with E-state index in [1.807, 2.05) is 24.4 Å². The lowest BCUT2D eigenvalue weighted by Crippen LogP contribution is -2.12. The Morgan fingerprint density at radius 3 is 2.94 bits per heavy atom. The molecule has 4 nitrogen and oxygen atoms in total. The van der Waals surface area contributed by atoms with E-state index in [1.54, 1.807) is 18.3 Å². The number of nitriles is 1. The number of hydrogen-bond donors (Lipinski definition) is 1. The van der Waals surface area contributed by atoms with Gasteiger partial charge in [0.25, 0.3) is 0 Å². The molecule has 0 bridgehead atoms. The molecule has 4 heteroatoms. The van der Waals surface area contributed by atoms with E-state index < -0.39 is 0 Å². The zero-order chi connectivity index (χ0) is 11.2. The van der Waals surface area contributed by atoms with Crippen LogP contribution in [-0.4, -0.2) is 4.98 Å². The highest BCUT2D eigenvalue weighted by Gasteiger charge is 2.00. The topological polar surface area (TPSA) is 61.9 Å². The average molecular weight is 213 g/mol. The van der Waals surface area contributed by atoms with E-state index in [0.717, 1.165) is 17.9 Å². The van der Waals surface area contributed by atoms with Crippen LogP contribution in [0.15, 0.2) is 41.1 Å². The van der Waals surface area contributed by atoms with Crippen LogP contribution in [0.25, 0.3) is 0 Å². The fraction of sp³-hybridized carbons (Fsp3) is 0.167. The van der Waals surface area contributed by atoms with Gasteiger partial charge in [-0.2, -0.15) is 5.26 Å². The Bertz CT molecular complexity index is 484. The summed E-state index contributed by atoms with van der Waals surface area (Å²) in [4.78, 5) is 4.02. The summed E-state index contributed by atoms with van der Waals surface area (Å²) in [6, 6.07) is 9.32. The molecule has 16 heavy (non-hydrogen) atoms. The van der Waals surface area contributed by atoms with Crippen molar-refractivity contribution < 1.29 is 4.42 Å². The van der Waals surface area contributed by atoms with E-state index in [0.29, 0.717) is 12.3 Å². The number of aromatic nitrogens is 1. The summed E-state index contributed by atoms with van der Waals surface area (Å²) >= 11 is 0. The van der Waals surface area contributed by atoms with Crippen LogP contribution in [0.3, 0.4) is 0 Å². The second-order valence-corrected chi connectivity index (χ2v) is 3.34. The third kappa shape index (κ3) is 2.69. The van der Waals surface area contributed by atoms with Crippen LogP contribution >= 0.6 is 0 Å². The van der Waals surface area contributed by atoms with Crippen LogP contribution in [0.5, 0.6) is 0 Å². The lowest BCUT2D eigenvalue weighted by molar-refractivity contribution is 0.474. The molecular weight excluding hydrogens is 202 g/mol. The van der Waals surface area contributed by atoms with E-state index in [4.69, 9.17) is 9.68 Å². The number of rotatable bonds is 4. The molecule has 0 aliphatic carbocycles. The first-order valence-corrected chi connectivity index (χ1v) is 4.97. The Kier molecular flexibility index (Phi) is 3.31. The van der Waals surface area contributed by atoms with Gasteiger partial charge in [-0.15, -0.1) is 0 Å². The number of nitrogens with one attached hydrogen (secondary N) is 1.